The highest BCUT2D eigenvalue weighted by atomic mass is 35.5. The minimum atomic E-state index is -0.768. The Kier molecular flexibility index (Phi) is 5.80. The summed E-state index contributed by atoms with van der Waals surface area (Å²) in [5, 5.41) is 3.35. The minimum Gasteiger partial charge on any atom is -0.366 e. The molecule has 144 valence electrons. The number of primary amides is 1. The van der Waals surface area contributed by atoms with Crippen molar-refractivity contribution in [3.05, 3.63) is 70.8 Å². The second kappa shape index (κ2) is 8.27. The Balaban J connectivity index is 1.67. The maximum atomic E-state index is 12.7. The molecule has 3 N–H and O–H groups in total. The summed E-state index contributed by atoms with van der Waals surface area (Å²) < 4.78 is 0. The molecule has 1 atom stereocenters. The first-order valence-electron chi connectivity index (χ1n) is 8.80. The smallest absolute Gasteiger partial charge is 0.248 e. The van der Waals surface area contributed by atoms with E-state index in [9.17, 15) is 14.4 Å². The molecule has 0 bridgehead atoms. The van der Waals surface area contributed by atoms with Gasteiger partial charge < -0.3 is 16.0 Å². The van der Waals surface area contributed by atoms with Crippen LogP contribution in [0.2, 0.25) is 5.02 Å². The number of carbonyl (C=O) groups is 3. The van der Waals surface area contributed by atoms with Crippen molar-refractivity contribution in [2.45, 2.75) is 13.0 Å². The second-order valence-electron chi connectivity index (χ2n) is 6.56. The number of nitrogens with two attached hydrogens (primary N) is 1. The first-order chi connectivity index (χ1) is 13.4. The maximum absolute atomic E-state index is 12.7. The van der Waals surface area contributed by atoms with Crippen LogP contribution in [-0.2, 0) is 16.1 Å². The zero-order valence-corrected chi connectivity index (χ0v) is 15.9. The topological polar surface area (TPSA) is 92.5 Å². The zero-order chi connectivity index (χ0) is 20.3. The van der Waals surface area contributed by atoms with Gasteiger partial charge in [-0.25, -0.2) is 0 Å². The summed E-state index contributed by atoms with van der Waals surface area (Å²) in [6.07, 6.45) is 2.08. The second-order valence-corrected chi connectivity index (χ2v) is 7.00. The molecule has 1 aliphatic rings. The van der Waals surface area contributed by atoms with E-state index in [0.29, 0.717) is 29.2 Å². The predicted octanol–water partition coefficient (Wildman–Crippen LogP) is 2.75. The number of nitrogens with zero attached hydrogens (tertiary/aromatic N) is 1. The fourth-order valence-electron chi connectivity index (χ4n) is 3.21. The van der Waals surface area contributed by atoms with E-state index in [0.717, 1.165) is 11.1 Å². The van der Waals surface area contributed by atoms with Crippen molar-refractivity contribution in [1.82, 2.24) is 5.32 Å². The first kappa shape index (κ1) is 19.6. The fourth-order valence-corrected chi connectivity index (χ4v) is 3.48. The number of hydrogen-bond donors (Lipinski definition) is 2. The quantitative estimate of drug-likeness (QED) is 0.734. The van der Waals surface area contributed by atoms with Crippen LogP contribution in [0.1, 0.15) is 27.9 Å². The van der Waals surface area contributed by atoms with Crippen molar-refractivity contribution < 1.29 is 14.4 Å². The van der Waals surface area contributed by atoms with Crippen molar-refractivity contribution in [2.75, 3.05) is 11.4 Å². The molecule has 1 unspecified atom stereocenters. The van der Waals surface area contributed by atoms with Crippen molar-refractivity contribution >= 4 is 41.1 Å². The number of hydrogen-bond acceptors (Lipinski definition) is 3. The average molecular weight is 398 g/mol. The van der Waals surface area contributed by atoms with Crippen molar-refractivity contribution in [2.24, 2.45) is 11.7 Å². The van der Waals surface area contributed by atoms with Gasteiger partial charge in [0.2, 0.25) is 17.7 Å². The summed E-state index contributed by atoms with van der Waals surface area (Å²) in [6.45, 7) is 4.38. The molecule has 3 rings (SSSR count). The number of rotatable bonds is 6. The van der Waals surface area contributed by atoms with Gasteiger partial charge in [0, 0.05) is 29.4 Å². The van der Waals surface area contributed by atoms with Gasteiger partial charge in [0.05, 0.1) is 0 Å². The van der Waals surface area contributed by atoms with E-state index >= 15 is 0 Å². The average Bonchev–Trinajstić information content (AvgIpc) is 3.07. The lowest BCUT2D eigenvalue weighted by molar-refractivity contribution is -0.132. The van der Waals surface area contributed by atoms with Gasteiger partial charge in [-0.05, 0) is 53.9 Å². The van der Waals surface area contributed by atoms with E-state index in [1.54, 1.807) is 42.5 Å². The van der Waals surface area contributed by atoms with E-state index in [2.05, 4.69) is 11.9 Å². The highest BCUT2D eigenvalue weighted by Crippen LogP contribution is 2.26. The Bertz CT molecular complexity index is 958. The van der Waals surface area contributed by atoms with E-state index in [1.807, 2.05) is 6.07 Å². The van der Waals surface area contributed by atoms with Crippen LogP contribution in [0.3, 0.4) is 0 Å². The third-order valence-electron chi connectivity index (χ3n) is 4.65. The molecule has 3 amide bonds. The molecule has 0 aromatic heterocycles. The van der Waals surface area contributed by atoms with Gasteiger partial charge in [0.15, 0.2) is 0 Å². The van der Waals surface area contributed by atoms with Crippen LogP contribution < -0.4 is 16.0 Å². The highest BCUT2D eigenvalue weighted by Gasteiger charge is 2.37. The van der Waals surface area contributed by atoms with E-state index in [4.69, 9.17) is 17.3 Å². The molecule has 1 fully saturated rings. The van der Waals surface area contributed by atoms with Gasteiger partial charge in [0.1, 0.15) is 5.92 Å². The molecular formula is C21H20ClN3O3. The summed E-state index contributed by atoms with van der Waals surface area (Å²) >= 11 is 6.06. The Labute approximate surface area is 168 Å². The predicted molar refractivity (Wildman–Crippen MR) is 109 cm³/mol. The summed E-state index contributed by atoms with van der Waals surface area (Å²) in [5.41, 5.74) is 7.85. The minimum absolute atomic E-state index is 0.265. The molecule has 0 radical (unpaired) electrons. The summed E-state index contributed by atoms with van der Waals surface area (Å²) in [6, 6.07) is 11.9. The standard InChI is InChI=1S/C21H20ClN3O3/c1-2-13-8-14(10-16(22)9-13)12-24-20(27)18-6-7-25(21(18)28)17-5-3-4-15(11-17)19(23)26/h2-5,8-11,18H,1,6-7,12H2,(H2,23,26)(H,24,27). The molecule has 28 heavy (non-hydrogen) atoms. The monoisotopic (exact) mass is 397 g/mol. The van der Waals surface area contributed by atoms with Crippen LogP contribution in [0.15, 0.2) is 49.0 Å². The van der Waals surface area contributed by atoms with Crippen molar-refractivity contribution in [3.8, 4) is 0 Å². The molecule has 0 aliphatic carbocycles. The summed E-state index contributed by atoms with van der Waals surface area (Å²) in [5.74, 6) is -1.96. The fraction of sp³-hybridized carbons (Fsp3) is 0.190. The van der Waals surface area contributed by atoms with E-state index < -0.39 is 11.8 Å². The number of halogens is 1. The van der Waals surface area contributed by atoms with E-state index in [-0.39, 0.29) is 18.4 Å². The molecular weight excluding hydrogens is 378 g/mol. The van der Waals surface area contributed by atoms with Crippen LogP contribution in [0.4, 0.5) is 5.69 Å². The Morgan fingerprint density at radius 3 is 2.79 bits per heavy atom. The van der Waals surface area contributed by atoms with Crippen LogP contribution >= 0.6 is 11.6 Å². The van der Waals surface area contributed by atoms with Gasteiger partial charge >= 0.3 is 0 Å². The normalized spacial score (nSPS) is 16.1. The van der Waals surface area contributed by atoms with Gasteiger partial charge in [-0.1, -0.05) is 30.3 Å². The molecule has 0 spiro atoms. The van der Waals surface area contributed by atoms with Crippen molar-refractivity contribution in [3.63, 3.8) is 0 Å². The number of carbonyl (C=O) groups excluding carboxylic acids is 3. The molecule has 1 aliphatic heterocycles. The van der Waals surface area contributed by atoms with Crippen LogP contribution in [-0.4, -0.2) is 24.3 Å². The Hall–Kier alpha value is -3.12. The first-order valence-corrected chi connectivity index (χ1v) is 9.17. The van der Waals surface area contributed by atoms with Crippen LogP contribution in [0.5, 0.6) is 0 Å². The molecule has 0 saturated carbocycles. The largest absolute Gasteiger partial charge is 0.366 e. The molecule has 6 nitrogen and oxygen atoms in total. The van der Waals surface area contributed by atoms with E-state index in [1.165, 1.54) is 4.90 Å². The van der Waals surface area contributed by atoms with Gasteiger partial charge in [-0.15, -0.1) is 0 Å². The molecule has 1 saturated heterocycles. The molecule has 1 heterocycles. The Morgan fingerprint density at radius 2 is 2.07 bits per heavy atom. The number of anilines is 1. The third kappa shape index (κ3) is 4.23. The lowest BCUT2D eigenvalue weighted by Gasteiger charge is -2.17. The third-order valence-corrected chi connectivity index (χ3v) is 4.86. The lowest BCUT2D eigenvalue weighted by Crippen LogP contribution is -2.36. The van der Waals surface area contributed by atoms with Gasteiger partial charge in [0.25, 0.3) is 0 Å². The number of benzene rings is 2. The van der Waals surface area contributed by atoms with Crippen LogP contribution in [0.25, 0.3) is 6.08 Å². The van der Waals surface area contributed by atoms with Gasteiger partial charge in [-0.3, -0.25) is 14.4 Å². The number of nitrogens with one attached hydrogen (secondary N) is 1. The molecule has 2 aromatic carbocycles. The van der Waals surface area contributed by atoms with Gasteiger partial charge in [-0.2, -0.15) is 0 Å². The maximum Gasteiger partial charge on any atom is 0.248 e. The molecule has 2 aromatic rings. The zero-order valence-electron chi connectivity index (χ0n) is 15.2. The Morgan fingerprint density at radius 1 is 1.29 bits per heavy atom. The lowest BCUT2D eigenvalue weighted by atomic mass is 10.1. The number of amides is 3. The molecule has 7 heteroatoms. The SMILES string of the molecule is C=Cc1cc(Cl)cc(CNC(=O)C2CCN(c3cccc(C(N)=O)c3)C2=O)c1. The summed E-state index contributed by atoms with van der Waals surface area (Å²) in [4.78, 5) is 38.1. The van der Waals surface area contributed by atoms with Crippen LogP contribution in [0, 0.1) is 5.92 Å². The highest BCUT2D eigenvalue weighted by molar-refractivity contribution is 6.30. The summed E-state index contributed by atoms with van der Waals surface area (Å²) in [7, 11) is 0. The van der Waals surface area contributed by atoms with Crippen molar-refractivity contribution in [1.29, 1.82) is 0 Å².